The summed E-state index contributed by atoms with van der Waals surface area (Å²) in [6.07, 6.45) is 0.843. The Labute approximate surface area is 164 Å². The number of aliphatic hydroxyl groups excluding tert-OH is 1. The number of aliphatic hydroxyl groups is 1. The Morgan fingerprint density at radius 1 is 1.21 bits per heavy atom. The van der Waals surface area contributed by atoms with Gasteiger partial charge in [0, 0.05) is 23.7 Å². The summed E-state index contributed by atoms with van der Waals surface area (Å²) in [7, 11) is 0. The lowest BCUT2D eigenvalue weighted by Crippen LogP contribution is -2.32. The number of ether oxygens (including phenoxy) is 1. The van der Waals surface area contributed by atoms with Crippen LogP contribution in [-0.2, 0) is 12.0 Å². The van der Waals surface area contributed by atoms with Crippen molar-refractivity contribution in [3.05, 3.63) is 88.9 Å². The van der Waals surface area contributed by atoms with Crippen molar-refractivity contribution in [1.82, 2.24) is 4.98 Å². The zero-order valence-electron chi connectivity index (χ0n) is 15.9. The van der Waals surface area contributed by atoms with Crippen LogP contribution in [0.1, 0.15) is 35.3 Å². The topological polar surface area (TPSA) is 54.4 Å². The van der Waals surface area contributed by atoms with Crippen LogP contribution in [0.15, 0.2) is 60.8 Å². The minimum absolute atomic E-state index is 0.174. The summed E-state index contributed by atoms with van der Waals surface area (Å²) in [6.45, 7) is 4.80. The van der Waals surface area contributed by atoms with E-state index in [2.05, 4.69) is 10.3 Å². The second kappa shape index (κ2) is 7.24. The number of rotatable bonds is 5. The van der Waals surface area contributed by atoms with Gasteiger partial charge < -0.3 is 15.2 Å². The van der Waals surface area contributed by atoms with Crippen molar-refractivity contribution in [3.8, 4) is 5.75 Å². The summed E-state index contributed by atoms with van der Waals surface area (Å²) >= 11 is 0. The fourth-order valence-corrected chi connectivity index (χ4v) is 3.63. The maximum absolute atomic E-state index is 14.6. The molecule has 0 fully saturated rings. The van der Waals surface area contributed by atoms with Gasteiger partial charge in [-0.05, 0) is 36.2 Å². The van der Waals surface area contributed by atoms with Crippen LogP contribution in [0.4, 0.5) is 10.2 Å². The molecule has 4 rings (SSSR count). The van der Waals surface area contributed by atoms with Gasteiger partial charge in [0.15, 0.2) is 11.6 Å². The number of hydrogen-bond donors (Lipinski definition) is 2. The molecule has 0 amide bonds. The summed E-state index contributed by atoms with van der Waals surface area (Å²) in [5.74, 6) is 0.459. The van der Waals surface area contributed by atoms with E-state index in [-0.39, 0.29) is 5.75 Å². The van der Waals surface area contributed by atoms with Gasteiger partial charge >= 0.3 is 0 Å². The molecule has 3 aromatic rings. The van der Waals surface area contributed by atoms with E-state index < -0.39 is 17.3 Å². The largest absolute Gasteiger partial charge is 0.486 e. The highest BCUT2D eigenvalue weighted by Gasteiger charge is 2.42. The molecular formula is C23H23FN2O2. The second-order valence-electron chi connectivity index (χ2n) is 7.54. The average Bonchev–Trinajstić information content (AvgIpc) is 3.06. The van der Waals surface area contributed by atoms with Gasteiger partial charge in [0.2, 0.25) is 0 Å². The van der Waals surface area contributed by atoms with Gasteiger partial charge in [0.05, 0.1) is 6.10 Å². The van der Waals surface area contributed by atoms with E-state index in [9.17, 15) is 9.50 Å². The van der Waals surface area contributed by atoms with Crippen molar-refractivity contribution in [2.75, 3.05) is 11.9 Å². The van der Waals surface area contributed by atoms with E-state index in [1.807, 2.05) is 50.2 Å². The number of benzene rings is 2. The molecule has 1 aliphatic heterocycles. The Morgan fingerprint density at radius 3 is 2.75 bits per heavy atom. The molecule has 0 spiro atoms. The number of aryl methyl sites for hydroxylation is 1. The van der Waals surface area contributed by atoms with E-state index in [4.69, 9.17) is 4.74 Å². The number of hydrogen-bond acceptors (Lipinski definition) is 4. The second-order valence-corrected chi connectivity index (χ2v) is 7.54. The van der Waals surface area contributed by atoms with Crippen molar-refractivity contribution in [2.45, 2.75) is 32.0 Å². The molecule has 0 bridgehead atoms. The van der Waals surface area contributed by atoms with Gasteiger partial charge in [-0.2, -0.15) is 0 Å². The van der Waals surface area contributed by atoms with Gasteiger partial charge in [0.25, 0.3) is 0 Å². The number of halogens is 1. The first-order valence-electron chi connectivity index (χ1n) is 9.32. The lowest BCUT2D eigenvalue weighted by molar-refractivity contribution is 0.100. The maximum atomic E-state index is 14.6. The van der Waals surface area contributed by atoms with Gasteiger partial charge in [-0.1, -0.05) is 48.9 Å². The molecule has 1 aromatic heterocycles. The van der Waals surface area contributed by atoms with E-state index in [0.29, 0.717) is 18.7 Å². The average molecular weight is 378 g/mol. The zero-order chi connectivity index (χ0) is 19.7. The van der Waals surface area contributed by atoms with E-state index in [1.165, 1.54) is 11.6 Å². The first kappa shape index (κ1) is 18.4. The van der Waals surface area contributed by atoms with Crippen LogP contribution in [0.3, 0.4) is 0 Å². The molecule has 1 aliphatic rings. The first-order valence-corrected chi connectivity index (χ1v) is 9.32. The first-order chi connectivity index (χ1) is 13.5. The highest BCUT2D eigenvalue weighted by atomic mass is 19.1. The van der Waals surface area contributed by atoms with Crippen LogP contribution < -0.4 is 10.1 Å². The Morgan fingerprint density at radius 2 is 2.00 bits per heavy atom. The van der Waals surface area contributed by atoms with Gasteiger partial charge in [-0.25, -0.2) is 9.37 Å². The third-order valence-corrected chi connectivity index (χ3v) is 5.44. The fraction of sp³-hybridized carbons (Fsp3) is 0.261. The van der Waals surface area contributed by atoms with E-state index >= 15 is 0 Å². The normalized spacial score (nSPS) is 19.0. The Balaban J connectivity index is 1.52. The minimum atomic E-state index is -0.869. The lowest BCUT2D eigenvalue weighted by Gasteiger charge is -2.30. The predicted octanol–water partition coefficient (Wildman–Crippen LogP) is 4.52. The molecule has 0 radical (unpaired) electrons. The third kappa shape index (κ3) is 3.34. The summed E-state index contributed by atoms with van der Waals surface area (Å²) in [4.78, 5) is 4.30. The molecule has 0 aliphatic carbocycles. The zero-order valence-corrected chi connectivity index (χ0v) is 15.9. The summed E-state index contributed by atoms with van der Waals surface area (Å²) in [6, 6.07) is 16.4. The highest BCUT2D eigenvalue weighted by Crippen LogP contribution is 2.44. The fourth-order valence-electron chi connectivity index (χ4n) is 3.63. The molecular weight excluding hydrogens is 355 g/mol. The van der Waals surface area contributed by atoms with Crippen LogP contribution in [0.5, 0.6) is 5.75 Å². The number of fused-ring (bicyclic) bond motifs is 1. The Hall–Kier alpha value is -2.92. The van der Waals surface area contributed by atoms with Crippen LogP contribution in [0.2, 0.25) is 0 Å². The minimum Gasteiger partial charge on any atom is -0.486 e. The van der Waals surface area contributed by atoms with Crippen molar-refractivity contribution in [3.63, 3.8) is 0 Å². The Kier molecular flexibility index (Phi) is 4.77. The molecule has 5 heteroatoms. The molecule has 2 N–H and O–H groups in total. The summed E-state index contributed by atoms with van der Waals surface area (Å²) in [5, 5.41) is 14.2. The SMILES string of the molecule is Cc1ccc(COc2ccc(C(O)C3(C)CNc4ncccc43)cc2F)cc1. The van der Waals surface area contributed by atoms with Crippen molar-refractivity contribution >= 4 is 5.82 Å². The van der Waals surface area contributed by atoms with Crippen LogP contribution in [0.25, 0.3) is 0 Å². The lowest BCUT2D eigenvalue weighted by atomic mass is 9.77. The molecule has 0 saturated heterocycles. The molecule has 2 unspecified atom stereocenters. The van der Waals surface area contributed by atoms with Crippen molar-refractivity contribution in [2.24, 2.45) is 0 Å². The quantitative estimate of drug-likeness (QED) is 0.685. The molecule has 4 nitrogen and oxygen atoms in total. The van der Waals surface area contributed by atoms with Gasteiger partial charge in [0.1, 0.15) is 12.4 Å². The number of aromatic nitrogens is 1. The summed E-state index contributed by atoms with van der Waals surface area (Å²) in [5.41, 5.74) is 3.01. The van der Waals surface area contributed by atoms with Gasteiger partial charge in [-0.15, -0.1) is 0 Å². The number of nitrogens with zero attached hydrogens (tertiary/aromatic N) is 1. The Bertz CT molecular complexity index is 990. The van der Waals surface area contributed by atoms with E-state index in [1.54, 1.807) is 18.3 Å². The number of nitrogens with one attached hydrogen (secondary N) is 1. The van der Waals surface area contributed by atoms with Crippen molar-refractivity contribution in [1.29, 1.82) is 0 Å². The van der Waals surface area contributed by atoms with Crippen LogP contribution in [-0.4, -0.2) is 16.6 Å². The standard InChI is InChI=1S/C23H23FN2O2/c1-15-5-7-16(8-6-15)13-28-20-10-9-17(12-19(20)24)21(27)23(2)14-26-22-18(23)4-3-11-25-22/h3-12,21,27H,13-14H2,1-2H3,(H,25,26). The van der Waals surface area contributed by atoms with Crippen LogP contribution >= 0.6 is 0 Å². The molecule has 2 aromatic carbocycles. The molecule has 2 atom stereocenters. The van der Waals surface area contributed by atoms with Gasteiger partial charge in [-0.3, -0.25) is 0 Å². The third-order valence-electron chi connectivity index (χ3n) is 5.44. The molecule has 28 heavy (non-hydrogen) atoms. The highest BCUT2D eigenvalue weighted by molar-refractivity contribution is 5.56. The molecule has 2 heterocycles. The predicted molar refractivity (Wildman–Crippen MR) is 107 cm³/mol. The monoisotopic (exact) mass is 378 g/mol. The van der Waals surface area contributed by atoms with Crippen molar-refractivity contribution < 1.29 is 14.2 Å². The number of pyridine rings is 1. The van der Waals surface area contributed by atoms with E-state index in [0.717, 1.165) is 16.9 Å². The summed E-state index contributed by atoms with van der Waals surface area (Å²) < 4.78 is 20.2. The number of anilines is 1. The smallest absolute Gasteiger partial charge is 0.165 e. The molecule has 144 valence electrons. The van der Waals surface area contributed by atoms with Crippen LogP contribution in [0, 0.1) is 12.7 Å². The molecule has 0 saturated carbocycles. The maximum Gasteiger partial charge on any atom is 0.165 e.